The molecule has 0 bridgehead atoms. The molecular weight excluding hydrogens is 266 g/mol. The lowest BCUT2D eigenvalue weighted by atomic mass is 10.0. The smallest absolute Gasteiger partial charge is 0.202 e. The molecule has 0 spiro atoms. The number of hydrogen-bond donors (Lipinski definition) is 0. The van der Waals surface area contributed by atoms with Crippen LogP contribution in [-0.4, -0.2) is 11.0 Å². The first-order chi connectivity index (χ1) is 9.90. The van der Waals surface area contributed by atoms with Crippen LogP contribution in [0.3, 0.4) is 0 Å². The minimum absolute atomic E-state index is 0.740. The van der Waals surface area contributed by atoms with Gasteiger partial charge in [-0.1, -0.05) is 55.8 Å². The van der Waals surface area contributed by atoms with Crippen molar-refractivity contribution in [3.8, 4) is 16.2 Å². The zero-order valence-corrected chi connectivity index (χ0v) is 12.2. The lowest BCUT2D eigenvalue weighted by Crippen LogP contribution is -1.95. The van der Waals surface area contributed by atoms with Crippen molar-refractivity contribution in [3.05, 3.63) is 48.7 Å². The van der Waals surface area contributed by atoms with Crippen LogP contribution in [0.4, 0.5) is 0 Å². The van der Waals surface area contributed by atoms with E-state index in [9.17, 15) is 0 Å². The van der Waals surface area contributed by atoms with Gasteiger partial charge in [-0.05, 0) is 22.8 Å². The summed E-state index contributed by atoms with van der Waals surface area (Å²) < 4.78 is 10.0. The highest BCUT2D eigenvalue weighted by atomic mass is 32.1. The van der Waals surface area contributed by atoms with Crippen LogP contribution in [0.1, 0.15) is 19.8 Å². The Hall–Kier alpha value is -1.87. The predicted octanol–water partition coefficient (Wildman–Crippen LogP) is 4.94. The summed E-state index contributed by atoms with van der Waals surface area (Å²) in [7, 11) is 0. The highest BCUT2D eigenvalue weighted by Gasteiger charge is 2.12. The molecule has 0 saturated carbocycles. The number of aromatic nitrogens is 1. The Morgan fingerprint density at radius 1 is 1.15 bits per heavy atom. The number of benzene rings is 2. The second-order valence-corrected chi connectivity index (χ2v) is 5.42. The molecule has 0 aliphatic carbocycles. The molecule has 1 heterocycles. The zero-order chi connectivity index (χ0) is 13.8. The molecule has 0 N–H and O–H groups in total. The first-order valence-corrected chi connectivity index (χ1v) is 7.65. The first kappa shape index (κ1) is 13.1. The van der Waals surface area contributed by atoms with Crippen molar-refractivity contribution in [3.63, 3.8) is 0 Å². The molecule has 3 rings (SSSR count). The Balaban J connectivity index is 2.01. The van der Waals surface area contributed by atoms with E-state index in [4.69, 9.17) is 4.74 Å². The van der Waals surface area contributed by atoms with Crippen LogP contribution in [0.15, 0.2) is 42.5 Å². The molecule has 1 aromatic heterocycles. The average molecular weight is 282 g/mol. The van der Waals surface area contributed by atoms with Crippen LogP contribution in [0, 0.1) is 6.20 Å². The summed E-state index contributed by atoms with van der Waals surface area (Å²) in [5.41, 5.74) is 2.12. The molecule has 0 unspecified atom stereocenters. The maximum atomic E-state index is 5.85. The van der Waals surface area contributed by atoms with Crippen molar-refractivity contribution in [2.45, 2.75) is 19.8 Å². The normalized spacial score (nSPS) is 10.8. The van der Waals surface area contributed by atoms with Gasteiger partial charge in [-0.2, -0.15) is 4.37 Å². The number of fused-ring (bicyclic) bond motifs is 1. The van der Waals surface area contributed by atoms with Gasteiger partial charge in [-0.3, -0.25) is 0 Å². The molecule has 20 heavy (non-hydrogen) atoms. The largest absolute Gasteiger partial charge is 0.482 e. The quantitative estimate of drug-likeness (QED) is 0.618. The fraction of sp³-hybridized carbons (Fsp3) is 0.235. The minimum atomic E-state index is 0.740. The zero-order valence-electron chi connectivity index (χ0n) is 11.4. The summed E-state index contributed by atoms with van der Waals surface area (Å²) in [4.78, 5) is 0. The Labute approximate surface area is 123 Å². The summed E-state index contributed by atoms with van der Waals surface area (Å²) in [5.74, 6) is 0. The Morgan fingerprint density at radius 3 is 2.90 bits per heavy atom. The molecule has 3 heteroatoms. The summed E-state index contributed by atoms with van der Waals surface area (Å²) in [6.45, 7) is 2.90. The van der Waals surface area contributed by atoms with Crippen LogP contribution >= 0.6 is 11.5 Å². The average Bonchev–Trinajstić information content (AvgIpc) is 2.95. The van der Waals surface area contributed by atoms with Crippen molar-refractivity contribution in [1.29, 1.82) is 0 Å². The van der Waals surface area contributed by atoms with Gasteiger partial charge in [0.05, 0.1) is 12.2 Å². The van der Waals surface area contributed by atoms with Gasteiger partial charge in [0.25, 0.3) is 0 Å². The van der Waals surface area contributed by atoms with Crippen molar-refractivity contribution >= 4 is 22.3 Å². The van der Waals surface area contributed by atoms with E-state index in [0.717, 1.165) is 35.6 Å². The third kappa shape index (κ3) is 2.54. The standard InChI is InChI=1S/C17H16NOS/c1-2-3-11-19-17-16(12-18-20-17)15-10-6-8-13-7-4-5-9-14(13)15/h4-10H,2-3,11H2,1H3. The lowest BCUT2D eigenvalue weighted by Gasteiger charge is -2.08. The van der Waals surface area contributed by atoms with E-state index in [1.807, 2.05) is 0 Å². The van der Waals surface area contributed by atoms with E-state index in [1.54, 1.807) is 0 Å². The summed E-state index contributed by atoms with van der Waals surface area (Å²) >= 11 is 1.38. The fourth-order valence-electron chi connectivity index (χ4n) is 2.22. The van der Waals surface area contributed by atoms with E-state index >= 15 is 0 Å². The van der Waals surface area contributed by atoms with Crippen molar-refractivity contribution in [2.75, 3.05) is 6.61 Å². The van der Waals surface area contributed by atoms with Crippen LogP contribution in [0.25, 0.3) is 21.9 Å². The molecule has 0 saturated heterocycles. The summed E-state index contributed by atoms with van der Waals surface area (Å²) in [5, 5.41) is 3.31. The van der Waals surface area contributed by atoms with Crippen LogP contribution in [0.2, 0.25) is 0 Å². The molecule has 2 nitrogen and oxygen atoms in total. The molecule has 3 aromatic rings. The van der Waals surface area contributed by atoms with Crippen LogP contribution in [-0.2, 0) is 0 Å². The SMILES string of the molecule is CCCCOc1sn[c]c1-c1cccc2ccccc12. The topological polar surface area (TPSA) is 22.1 Å². The van der Waals surface area contributed by atoms with Gasteiger partial charge in [0.15, 0.2) is 0 Å². The van der Waals surface area contributed by atoms with Crippen molar-refractivity contribution < 1.29 is 4.74 Å². The molecular formula is C17H16NOS. The van der Waals surface area contributed by atoms with E-state index in [-0.39, 0.29) is 0 Å². The van der Waals surface area contributed by atoms with Gasteiger partial charge < -0.3 is 4.74 Å². The maximum Gasteiger partial charge on any atom is 0.202 e. The highest BCUT2D eigenvalue weighted by Crippen LogP contribution is 2.37. The molecule has 0 aliphatic heterocycles. The lowest BCUT2D eigenvalue weighted by molar-refractivity contribution is 0.319. The number of nitrogens with zero attached hydrogens (tertiary/aromatic N) is 1. The van der Waals surface area contributed by atoms with Crippen LogP contribution in [0.5, 0.6) is 5.06 Å². The fourth-order valence-corrected chi connectivity index (χ4v) is 2.83. The number of rotatable bonds is 5. The minimum Gasteiger partial charge on any atom is -0.482 e. The second kappa shape index (κ2) is 6.06. The van der Waals surface area contributed by atoms with E-state index in [1.165, 1.54) is 22.3 Å². The third-order valence-corrected chi connectivity index (χ3v) is 3.95. The first-order valence-electron chi connectivity index (χ1n) is 6.88. The van der Waals surface area contributed by atoms with E-state index in [0.29, 0.717) is 0 Å². The van der Waals surface area contributed by atoms with Gasteiger partial charge >= 0.3 is 0 Å². The molecule has 101 valence electrons. The highest BCUT2D eigenvalue weighted by molar-refractivity contribution is 7.08. The molecule has 0 amide bonds. The predicted molar refractivity (Wildman–Crippen MR) is 84.3 cm³/mol. The van der Waals surface area contributed by atoms with Gasteiger partial charge in [0.1, 0.15) is 6.20 Å². The summed E-state index contributed by atoms with van der Waals surface area (Å²) in [6.07, 6.45) is 5.28. The van der Waals surface area contributed by atoms with Crippen molar-refractivity contribution in [1.82, 2.24) is 4.37 Å². The van der Waals surface area contributed by atoms with Crippen molar-refractivity contribution in [2.24, 2.45) is 0 Å². The van der Waals surface area contributed by atoms with Crippen LogP contribution < -0.4 is 4.74 Å². The van der Waals surface area contributed by atoms with Gasteiger partial charge in [0.2, 0.25) is 5.06 Å². The number of hydrogen-bond acceptors (Lipinski definition) is 3. The molecule has 0 aliphatic rings. The second-order valence-electron chi connectivity index (χ2n) is 4.69. The van der Waals surface area contributed by atoms with E-state index in [2.05, 4.69) is 60.0 Å². The van der Waals surface area contributed by atoms with Gasteiger partial charge in [-0.15, -0.1) is 0 Å². The molecule has 0 atom stereocenters. The number of ether oxygens (including phenoxy) is 1. The Kier molecular flexibility index (Phi) is 3.97. The third-order valence-electron chi connectivity index (χ3n) is 3.28. The van der Waals surface area contributed by atoms with Gasteiger partial charge in [0, 0.05) is 11.5 Å². The Bertz CT molecular complexity index is 700. The Morgan fingerprint density at radius 2 is 2.00 bits per heavy atom. The van der Waals surface area contributed by atoms with Gasteiger partial charge in [-0.25, -0.2) is 0 Å². The number of unbranched alkanes of at least 4 members (excludes halogenated alkanes) is 1. The molecule has 1 radical (unpaired) electrons. The molecule has 0 fully saturated rings. The monoisotopic (exact) mass is 282 g/mol. The maximum absolute atomic E-state index is 5.85. The molecule has 2 aromatic carbocycles. The summed E-state index contributed by atoms with van der Waals surface area (Å²) in [6, 6.07) is 14.7. The van der Waals surface area contributed by atoms with E-state index < -0.39 is 0 Å².